The molecule has 108 valence electrons. The van der Waals surface area contributed by atoms with Crippen molar-refractivity contribution in [2.75, 3.05) is 19.5 Å². The van der Waals surface area contributed by atoms with Crippen LogP contribution >= 0.6 is 0 Å². The highest BCUT2D eigenvalue weighted by atomic mass is 16.6. The summed E-state index contributed by atoms with van der Waals surface area (Å²) in [5.74, 6) is 3.45. The minimum atomic E-state index is -0.586. The smallest absolute Gasteiger partial charge is 0.412 e. The van der Waals surface area contributed by atoms with Crippen molar-refractivity contribution < 1.29 is 19.0 Å². The van der Waals surface area contributed by atoms with Crippen LogP contribution in [0.15, 0.2) is 12.1 Å². The van der Waals surface area contributed by atoms with Gasteiger partial charge in [0, 0.05) is 12.1 Å². The van der Waals surface area contributed by atoms with E-state index in [1.807, 2.05) is 0 Å². The van der Waals surface area contributed by atoms with Crippen molar-refractivity contribution in [1.29, 1.82) is 0 Å². The monoisotopic (exact) mass is 277 g/mol. The van der Waals surface area contributed by atoms with Crippen molar-refractivity contribution in [2.45, 2.75) is 26.4 Å². The van der Waals surface area contributed by atoms with Crippen LogP contribution in [0.4, 0.5) is 10.5 Å². The summed E-state index contributed by atoms with van der Waals surface area (Å²) in [6.45, 7) is 5.34. The van der Waals surface area contributed by atoms with Gasteiger partial charge >= 0.3 is 6.09 Å². The first kappa shape index (κ1) is 15.7. The van der Waals surface area contributed by atoms with Crippen molar-refractivity contribution in [3.05, 3.63) is 17.7 Å². The highest BCUT2D eigenvalue weighted by Crippen LogP contribution is 2.33. The lowest BCUT2D eigenvalue weighted by atomic mass is 10.1. The number of ether oxygens (including phenoxy) is 3. The molecule has 0 aliphatic heterocycles. The van der Waals surface area contributed by atoms with Crippen molar-refractivity contribution >= 4 is 11.8 Å². The molecule has 0 bridgehead atoms. The number of rotatable bonds is 3. The number of hydrogen-bond donors (Lipinski definition) is 1. The third-order valence-electron chi connectivity index (χ3n) is 2.31. The summed E-state index contributed by atoms with van der Waals surface area (Å²) in [6.07, 6.45) is 4.85. The van der Waals surface area contributed by atoms with Crippen molar-refractivity contribution in [2.24, 2.45) is 0 Å². The SMILES string of the molecule is C#Cc1cc(OC)c(OC)cc1NC(=O)OC(C)(C)C. The zero-order valence-electron chi connectivity index (χ0n) is 12.4. The van der Waals surface area contributed by atoms with Gasteiger partial charge in [-0.2, -0.15) is 0 Å². The second kappa shape index (κ2) is 6.20. The predicted octanol–water partition coefficient (Wildman–Crippen LogP) is 3.03. The minimum Gasteiger partial charge on any atom is -0.493 e. The Labute approximate surface area is 119 Å². The first-order chi connectivity index (χ1) is 9.30. The largest absolute Gasteiger partial charge is 0.493 e. The van der Waals surface area contributed by atoms with Crippen LogP contribution in [0.2, 0.25) is 0 Å². The summed E-state index contributed by atoms with van der Waals surface area (Å²) in [4.78, 5) is 11.8. The Balaban J connectivity index is 3.06. The van der Waals surface area contributed by atoms with E-state index in [0.29, 0.717) is 22.7 Å². The van der Waals surface area contributed by atoms with Crippen LogP contribution in [0.3, 0.4) is 0 Å². The van der Waals surface area contributed by atoms with Crippen molar-refractivity contribution in [1.82, 2.24) is 0 Å². The predicted molar refractivity (Wildman–Crippen MR) is 77.3 cm³/mol. The molecule has 1 aromatic carbocycles. The number of benzene rings is 1. The van der Waals surface area contributed by atoms with E-state index in [1.165, 1.54) is 14.2 Å². The number of terminal acetylenes is 1. The number of amides is 1. The highest BCUT2D eigenvalue weighted by Gasteiger charge is 2.18. The van der Waals surface area contributed by atoms with Crippen LogP contribution in [0.1, 0.15) is 26.3 Å². The highest BCUT2D eigenvalue weighted by molar-refractivity contribution is 5.87. The average Bonchev–Trinajstić information content (AvgIpc) is 2.35. The maximum Gasteiger partial charge on any atom is 0.412 e. The number of anilines is 1. The Morgan fingerprint density at radius 3 is 2.20 bits per heavy atom. The van der Waals surface area contributed by atoms with Crippen LogP contribution in [0.25, 0.3) is 0 Å². The summed E-state index contributed by atoms with van der Waals surface area (Å²) < 4.78 is 15.5. The summed E-state index contributed by atoms with van der Waals surface area (Å²) >= 11 is 0. The Kier molecular flexibility index (Phi) is 4.87. The van der Waals surface area contributed by atoms with E-state index in [1.54, 1.807) is 32.9 Å². The van der Waals surface area contributed by atoms with E-state index < -0.39 is 11.7 Å². The van der Waals surface area contributed by atoms with E-state index in [4.69, 9.17) is 20.6 Å². The molecule has 0 aliphatic carbocycles. The van der Waals surface area contributed by atoms with Gasteiger partial charge in [-0.15, -0.1) is 6.42 Å². The number of methoxy groups -OCH3 is 2. The first-order valence-corrected chi connectivity index (χ1v) is 6.03. The molecule has 0 unspecified atom stereocenters. The molecule has 1 amide bonds. The Morgan fingerprint density at radius 1 is 1.20 bits per heavy atom. The third kappa shape index (κ3) is 4.09. The van der Waals surface area contributed by atoms with Gasteiger partial charge in [0.25, 0.3) is 0 Å². The molecular weight excluding hydrogens is 258 g/mol. The van der Waals surface area contributed by atoms with Gasteiger partial charge in [-0.05, 0) is 20.8 Å². The van der Waals surface area contributed by atoms with Gasteiger partial charge in [0.05, 0.1) is 25.5 Å². The molecule has 0 aromatic heterocycles. The zero-order chi connectivity index (χ0) is 15.3. The molecule has 1 N–H and O–H groups in total. The Morgan fingerprint density at radius 2 is 1.75 bits per heavy atom. The summed E-state index contributed by atoms with van der Waals surface area (Å²) in [5.41, 5.74) is 0.324. The van der Waals surface area contributed by atoms with Gasteiger partial charge in [0.2, 0.25) is 0 Å². The lowest BCUT2D eigenvalue weighted by Gasteiger charge is -2.20. The van der Waals surface area contributed by atoms with E-state index in [2.05, 4.69) is 11.2 Å². The molecule has 1 rings (SSSR count). The van der Waals surface area contributed by atoms with Crippen LogP contribution in [-0.2, 0) is 4.74 Å². The molecule has 0 atom stereocenters. The van der Waals surface area contributed by atoms with E-state index in [9.17, 15) is 4.79 Å². The van der Waals surface area contributed by atoms with Gasteiger partial charge in [-0.1, -0.05) is 5.92 Å². The summed E-state index contributed by atoms with van der Waals surface area (Å²) in [5, 5.41) is 2.60. The molecular formula is C15H19NO4. The lowest BCUT2D eigenvalue weighted by molar-refractivity contribution is 0.0636. The van der Waals surface area contributed by atoms with E-state index in [-0.39, 0.29) is 0 Å². The summed E-state index contributed by atoms with van der Waals surface area (Å²) in [6, 6.07) is 3.21. The number of carbonyl (C=O) groups excluding carboxylic acids is 1. The molecule has 20 heavy (non-hydrogen) atoms. The fourth-order valence-corrected chi connectivity index (χ4v) is 1.52. The second-order valence-corrected chi connectivity index (χ2v) is 5.02. The lowest BCUT2D eigenvalue weighted by Crippen LogP contribution is -2.27. The number of carbonyl (C=O) groups is 1. The third-order valence-corrected chi connectivity index (χ3v) is 2.31. The average molecular weight is 277 g/mol. The Hall–Kier alpha value is -2.35. The van der Waals surface area contributed by atoms with Gasteiger partial charge in [0.1, 0.15) is 5.60 Å². The molecule has 0 radical (unpaired) electrons. The molecule has 0 fully saturated rings. The fourth-order valence-electron chi connectivity index (χ4n) is 1.52. The molecule has 1 aromatic rings. The molecule has 0 saturated carbocycles. The van der Waals surface area contributed by atoms with Crippen LogP contribution in [-0.4, -0.2) is 25.9 Å². The van der Waals surface area contributed by atoms with Gasteiger partial charge in [-0.25, -0.2) is 4.79 Å². The van der Waals surface area contributed by atoms with Gasteiger partial charge < -0.3 is 14.2 Å². The van der Waals surface area contributed by atoms with Crippen LogP contribution in [0, 0.1) is 12.3 Å². The minimum absolute atomic E-state index is 0.430. The second-order valence-electron chi connectivity index (χ2n) is 5.02. The van der Waals surface area contributed by atoms with Crippen molar-refractivity contribution in [3.8, 4) is 23.8 Å². The number of hydrogen-bond acceptors (Lipinski definition) is 4. The summed E-state index contributed by atoms with van der Waals surface area (Å²) in [7, 11) is 3.02. The van der Waals surface area contributed by atoms with Crippen molar-refractivity contribution in [3.63, 3.8) is 0 Å². The van der Waals surface area contributed by atoms with Crippen LogP contribution < -0.4 is 14.8 Å². The standard InChI is InChI=1S/C15H19NO4/c1-7-10-8-12(18-5)13(19-6)9-11(10)16-14(17)20-15(2,3)4/h1,8-9H,2-6H3,(H,16,17). The fraction of sp³-hybridized carbons (Fsp3) is 0.400. The number of nitrogens with one attached hydrogen (secondary N) is 1. The van der Waals surface area contributed by atoms with E-state index in [0.717, 1.165) is 0 Å². The maximum absolute atomic E-state index is 11.8. The molecule has 0 aliphatic rings. The quantitative estimate of drug-likeness (QED) is 0.863. The van der Waals surface area contributed by atoms with Gasteiger partial charge in [0.15, 0.2) is 11.5 Å². The molecule has 0 saturated heterocycles. The molecule has 0 heterocycles. The first-order valence-electron chi connectivity index (χ1n) is 6.03. The Bertz CT molecular complexity index is 538. The maximum atomic E-state index is 11.8. The van der Waals surface area contributed by atoms with E-state index >= 15 is 0 Å². The topological polar surface area (TPSA) is 56.8 Å². The molecule has 5 nitrogen and oxygen atoms in total. The molecule has 0 spiro atoms. The zero-order valence-corrected chi connectivity index (χ0v) is 12.4. The normalized spacial score (nSPS) is 10.4. The van der Waals surface area contributed by atoms with Crippen LogP contribution in [0.5, 0.6) is 11.5 Å². The van der Waals surface area contributed by atoms with Gasteiger partial charge in [-0.3, -0.25) is 5.32 Å². The molecule has 5 heteroatoms.